The Kier molecular flexibility index (Phi) is 4.85. The molecule has 4 aromatic rings. The SMILES string of the molecule is Cc1c(Cl)cccc1NC(=O)N1Cc2ccccc2-n2cccc2C1c1cccs1. The first-order valence-corrected chi connectivity index (χ1v) is 11.0. The van der Waals surface area contributed by atoms with Gasteiger partial charge in [-0.15, -0.1) is 11.3 Å². The number of anilines is 1. The summed E-state index contributed by atoms with van der Waals surface area (Å²) in [5.74, 6) is 0. The lowest BCUT2D eigenvalue weighted by molar-refractivity contribution is 0.195. The highest BCUT2D eigenvalue weighted by Gasteiger charge is 2.33. The van der Waals surface area contributed by atoms with Crippen LogP contribution in [-0.4, -0.2) is 15.5 Å². The van der Waals surface area contributed by atoms with Crippen LogP contribution < -0.4 is 5.32 Å². The van der Waals surface area contributed by atoms with Gasteiger partial charge in [-0.3, -0.25) is 0 Å². The van der Waals surface area contributed by atoms with Crippen molar-refractivity contribution in [3.05, 3.63) is 105 Å². The summed E-state index contributed by atoms with van der Waals surface area (Å²) in [4.78, 5) is 16.6. The molecule has 4 nitrogen and oxygen atoms in total. The Morgan fingerprint density at radius 3 is 2.77 bits per heavy atom. The standard InChI is InChI=1S/C24H20ClN3OS/c1-16-18(25)8-4-9-19(16)26-24(29)28-15-17-7-2-3-10-20(17)27-13-5-11-21(27)23(28)22-12-6-14-30-22/h2-14,23H,15H2,1H3,(H,26,29). The number of halogens is 1. The van der Waals surface area contributed by atoms with Crippen molar-refractivity contribution in [2.75, 3.05) is 5.32 Å². The molecule has 0 saturated heterocycles. The molecule has 0 bridgehead atoms. The van der Waals surface area contributed by atoms with Gasteiger partial charge in [0.05, 0.1) is 17.9 Å². The third kappa shape index (κ3) is 3.20. The van der Waals surface area contributed by atoms with Crippen molar-refractivity contribution >= 4 is 34.7 Å². The van der Waals surface area contributed by atoms with Gasteiger partial charge in [0.25, 0.3) is 0 Å². The lowest BCUT2D eigenvalue weighted by Crippen LogP contribution is -2.37. The number of amides is 2. The highest BCUT2D eigenvalue weighted by Crippen LogP contribution is 2.38. The molecule has 3 heterocycles. The van der Waals surface area contributed by atoms with E-state index < -0.39 is 0 Å². The lowest BCUT2D eigenvalue weighted by Gasteiger charge is -2.30. The Hall–Kier alpha value is -3.02. The van der Waals surface area contributed by atoms with Gasteiger partial charge in [-0.1, -0.05) is 41.9 Å². The maximum Gasteiger partial charge on any atom is 0.323 e. The minimum Gasteiger partial charge on any atom is -0.318 e. The Labute approximate surface area is 184 Å². The van der Waals surface area contributed by atoms with Crippen molar-refractivity contribution in [3.63, 3.8) is 0 Å². The number of thiophene rings is 1. The highest BCUT2D eigenvalue weighted by atomic mass is 35.5. The fraction of sp³-hybridized carbons (Fsp3) is 0.125. The Morgan fingerprint density at radius 1 is 1.07 bits per heavy atom. The Balaban J connectivity index is 1.62. The second kappa shape index (κ2) is 7.67. The number of nitrogens with one attached hydrogen (secondary N) is 1. The minimum absolute atomic E-state index is 0.150. The van der Waals surface area contributed by atoms with Crippen LogP contribution in [0.2, 0.25) is 5.02 Å². The molecule has 1 aliphatic heterocycles. The average molecular weight is 434 g/mol. The first kappa shape index (κ1) is 19.0. The molecule has 2 aromatic carbocycles. The highest BCUT2D eigenvalue weighted by molar-refractivity contribution is 7.10. The molecule has 1 aliphatic rings. The zero-order chi connectivity index (χ0) is 20.7. The monoisotopic (exact) mass is 433 g/mol. The number of fused-ring (bicyclic) bond motifs is 3. The summed E-state index contributed by atoms with van der Waals surface area (Å²) in [7, 11) is 0. The summed E-state index contributed by atoms with van der Waals surface area (Å²) in [6, 6.07) is 21.7. The van der Waals surface area contributed by atoms with Crippen molar-refractivity contribution in [1.82, 2.24) is 9.47 Å². The van der Waals surface area contributed by atoms with Crippen molar-refractivity contribution in [1.29, 1.82) is 0 Å². The van der Waals surface area contributed by atoms with Crippen LogP contribution in [-0.2, 0) is 6.54 Å². The second-order valence-corrected chi connectivity index (χ2v) is 8.71. The predicted octanol–water partition coefficient (Wildman–Crippen LogP) is 6.64. The van der Waals surface area contributed by atoms with Gasteiger partial charge in [0.2, 0.25) is 0 Å². The summed E-state index contributed by atoms with van der Waals surface area (Å²) < 4.78 is 2.19. The van der Waals surface area contributed by atoms with E-state index in [1.54, 1.807) is 11.3 Å². The molecule has 2 aromatic heterocycles. The molecule has 1 unspecified atom stereocenters. The van der Waals surface area contributed by atoms with E-state index in [1.807, 2.05) is 54.3 Å². The third-order valence-electron chi connectivity index (χ3n) is 5.55. The van der Waals surface area contributed by atoms with Gasteiger partial charge < -0.3 is 14.8 Å². The van der Waals surface area contributed by atoms with Crippen LogP contribution in [0.5, 0.6) is 0 Å². The number of hydrogen-bond acceptors (Lipinski definition) is 2. The summed E-state index contributed by atoms with van der Waals surface area (Å²) in [5, 5.41) is 5.78. The molecule has 2 amide bonds. The molecule has 5 rings (SSSR count). The number of nitrogens with zero attached hydrogens (tertiary/aromatic N) is 2. The summed E-state index contributed by atoms with van der Waals surface area (Å²) in [6.07, 6.45) is 2.07. The molecule has 6 heteroatoms. The van der Waals surface area contributed by atoms with E-state index in [1.165, 1.54) is 0 Å². The number of para-hydroxylation sites is 1. The predicted molar refractivity (Wildman–Crippen MR) is 123 cm³/mol. The number of hydrogen-bond donors (Lipinski definition) is 1. The summed E-state index contributed by atoms with van der Waals surface area (Å²) in [6.45, 7) is 2.42. The molecule has 0 radical (unpaired) electrons. The van der Waals surface area contributed by atoms with Crippen LogP contribution in [0.4, 0.5) is 10.5 Å². The van der Waals surface area contributed by atoms with Crippen molar-refractivity contribution in [2.45, 2.75) is 19.5 Å². The van der Waals surface area contributed by atoms with Crippen LogP contribution in [0, 0.1) is 6.92 Å². The Morgan fingerprint density at radius 2 is 1.93 bits per heavy atom. The van der Waals surface area contributed by atoms with Gasteiger partial charge in [0, 0.05) is 21.8 Å². The van der Waals surface area contributed by atoms with E-state index in [-0.39, 0.29) is 12.1 Å². The van der Waals surface area contributed by atoms with E-state index in [9.17, 15) is 4.79 Å². The second-order valence-electron chi connectivity index (χ2n) is 7.32. The van der Waals surface area contributed by atoms with E-state index in [2.05, 4.69) is 45.7 Å². The number of rotatable bonds is 2. The van der Waals surface area contributed by atoms with E-state index in [4.69, 9.17) is 11.6 Å². The van der Waals surface area contributed by atoms with Crippen LogP contribution in [0.15, 0.2) is 78.3 Å². The molecule has 0 spiro atoms. The normalized spacial score (nSPS) is 15.3. The first-order valence-electron chi connectivity index (χ1n) is 9.75. The van der Waals surface area contributed by atoms with E-state index in [0.29, 0.717) is 11.6 Å². The van der Waals surface area contributed by atoms with E-state index in [0.717, 1.165) is 33.1 Å². The van der Waals surface area contributed by atoms with Gasteiger partial charge in [-0.2, -0.15) is 0 Å². The van der Waals surface area contributed by atoms with Crippen LogP contribution in [0.25, 0.3) is 5.69 Å². The minimum atomic E-state index is -0.188. The van der Waals surface area contributed by atoms with E-state index >= 15 is 0 Å². The molecule has 0 saturated carbocycles. The number of aromatic nitrogens is 1. The maximum atomic E-state index is 13.6. The molecule has 0 aliphatic carbocycles. The van der Waals surface area contributed by atoms with Crippen LogP contribution >= 0.6 is 22.9 Å². The zero-order valence-electron chi connectivity index (χ0n) is 16.4. The topological polar surface area (TPSA) is 37.3 Å². The smallest absolute Gasteiger partial charge is 0.318 e. The van der Waals surface area contributed by atoms with Crippen molar-refractivity contribution < 1.29 is 4.79 Å². The average Bonchev–Trinajstić information content (AvgIpc) is 3.42. The fourth-order valence-electron chi connectivity index (χ4n) is 4.02. The largest absolute Gasteiger partial charge is 0.323 e. The molecule has 0 fully saturated rings. The maximum absolute atomic E-state index is 13.6. The summed E-state index contributed by atoms with van der Waals surface area (Å²) >= 11 is 7.93. The van der Waals surface area contributed by atoms with Gasteiger partial charge >= 0.3 is 6.03 Å². The first-order chi connectivity index (χ1) is 14.6. The van der Waals surface area contributed by atoms with Crippen molar-refractivity contribution in [3.8, 4) is 5.69 Å². The van der Waals surface area contributed by atoms with Gasteiger partial charge in [-0.25, -0.2) is 4.79 Å². The Bertz CT molecular complexity index is 1210. The lowest BCUT2D eigenvalue weighted by atomic mass is 10.1. The van der Waals surface area contributed by atoms with Crippen LogP contribution in [0.1, 0.15) is 27.7 Å². The molecular formula is C24H20ClN3OS. The number of carbonyl (C=O) groups is 1. The summed E-state index contributed by atoms with van der Waals surface area (Å²) in [5.41, 5.74) is 4.87. The third-order valence-corrected chi connectivity index (χ3v) is 6.88. The van der Waals surface area contributed by atoms with Gasteiger partial charge in [0.15, 0.2) is 0 Å². The molecular weight excluding hydrogens is 414 g/mol. The molecule has 150 valence electrons. The number of carbonyl (C=O) groups excluding carboxylic acids is 1. The van der Waals surface area contributed by atoms with Gasteiger partial charge in [0.1, 0.15) is 6.04 Å². The molecule has 30 heavy (non-hydrogen) atoms. The fourth-order valence-corrected chi connectivity index (χ4v) is 5.04. The number of benzene rings is 2. The molecule has 1 atom stereocenters. The van der Waals surface area contributed by atoms with Crippen molar-refractivity contribution in [2.24, 2.45) is 0 Å². The zero-order valence-corrected chi connectivity index (χ0v) is 18.0. The quantitative estimate of drug-likeness (QED) is 0.378. The number of urea groups is 1. The van der Waals surface area contributed by atoms with Gasteiger partial charge in [-0.05, 0) is 59.8 Å². The molecule has 1 N–H and O–H groups in total. The van der Waals surface area contributed by atoms with Crippen LogP contribution in [0.3, 0.4) is 0 Å².